The molecule has 5 nitrogen and oxygen atoms in total. The van der Waals surface area contributed by atoms with Crippen molar-refractivity contribution in [2.45, 2.75) is 27.2 Å². The highest BCUT2D eigenvalue weighted by atomic mass is 19.1. The first kappa shape index (κ1) is 20.6. The molecular weight excluding hydrogens is 365 g/mol. The van der Waals surface area contributed by atoms with Crippen molar-refractivity contribution in [3.05, 3.63) is 71.7 Å². The van der Waals surface area contributed by atoms with Gasteiger partial charge in [0, 0.05) is 42.8 Å². The Morgan fingerprint density at radius 3 is 2.38 bits per heavy atom. The molecular formula is C23H28FN5. The minimum absolute atomic E-state index is 0.185. The Labute approximate surface area is 172 Å². The Morgan fingerprint density at radius 1 is 0.966 bits per heavy atom. The summed E-state index contributed by atoms with van der Waals surface area (Å²) in [4.78, 5) is 11.3. The van der Waals surface area contributed by atoms with Gasteiger partial charge in [-0.05, 0) is 63.1 Å². The minimum atomic E-state index is -0.185. The highest BCUT2D eigenvalue weighted by Crippen LogP contribution is 2.21. The van der Waals surface area contributed by atoms with Gasteiger partial charge in [-0.15, -0.1) is 0 Å². The van der Waals surface area contributed by atoms with Crippen molar-refractivity contribution in [2.24, 2.45) is 0 Å². The largest absolute Gasteiger partial charge is 0.372 e. The van der Waals surface area contributed by atoms with E-state index in [1.54, 1.807) is 12.1 Å². The summed E-state index contributed by atoms with van der Waals surface area (Å²) >= 11 is 0. The topological polar surface area (TPSA) is 53.1 Å². The van der Waals surface area contributed by atoms with Gasteiger partial charge >= 0.3 is 0 Å². The fraction of sp³-hybridized carbons (Fsp3) is 0.304. The lowest BCUT2D eigenvalue weighted by atomic mass is 10.1. The first-order chi connectivity index (χ1) is 14.1. The van der Waals surface area contributed by atoms with Gasteiger partial charge in [0.1, 0.15) is 11.6 Å². The van der Waals surface area contributed by atoms with Crippen molar-refractivity contribution in [3.8, 4) is 0 Å². The molecule has 0 radical (unpaired) electrons. The van der Waals surface area contributed by atoms with Crippen LogP contribution in [0.2, 0.25) is 0 Å². The Balaban J connectivity index is 1.63. The Hall–Kier alpha value is -3.15. The van der Waals surface area contributed by atoms with E-state index in [1.807, 2.05) is 19.1 Å². The third-order valence-electron chi connectivity index (χ3n) is 4.76. The molecule has 0 fully saturated rings. The van der Waals surface area contributed by atoms with Crippen molar-refractivity contribution in [3.63, 3.8) is 0 Å². The van der Waals surface area contributed by atoms with Gasteiger partial charge in [-0.25, -0.2) is 9.37 Å². The molecule has 6 heteroatoms. The monoisotopic (exact) mass is 393 g/mol. The summed E-state index contributed by atoms with van der Waals surface area (Å²) in [5.41, 5.74) is 3.71. The number of nitrogens with zero attached hydrogens (tertiary/aromatic N) is 3. The second-order valence-corrected chi connectivity index (χ2v) is 6.83. The molecule has 0 saturated carbocycles. The molecule has 2 aromatic carbocycles. The van der Waals surface area contributed by atoms with E-state index in [0.717, 1.165) is 30.3 Å². The van der Waals surface area contributed by atoms with Crippen LogP contribution in [0.4, 0.5) is 27.5 Å². The zero-order valence-corrected chi connectivity index (χ0v) is 17.2. The van der Waals surface area contributed by atoms with Crippen LogP contribution in [0.3, 0.4) is 0 Å². The average Bonchev–Trinajstić information content (AvgIpc) is 2.71. The standard InChI is InChI=1S/C23H28FN5/c1-4-29(5-2)20-12-10-19(11-13-20)27-22-16-17(3)26-23(28-22)25-15-14-18-8-6-7-9-21(18)24/h6-13,16H,4-5,14-15H2,1-3H3,(H2,25,26,27,28). The van der Waals surface area contributed by atoms with Crippen molar-refractivity contribution in [2.75, 3.05) is 35.2 Å². The summed E-state index contributed by atoms with van der Waals surface area (Å²) in [5, 5.41) is 6.53. The first-order valence-corrected chi connectivity index (χ1v) is 10.0. The summed E-state index contributed by atoms with van der Waals surface area (Å²) in [6.07, 6.45) is 0.569. The third kappa shape index (κ3) is 5.67. The molecule has 29 heavy (non-hydrogen) atoms. The second-order valence-electron chi connectivity index (χ2n) is 6.83. The third-order valence-corrected chi connectivity index (χ3v) is 4.76. The molecule has 0 aliphatic heterocycles. The van der Waals surface area contributed by atoms with E-state index >= 15 is 0 Å². The molecule has 3 rings (SSSR count). The summed E-state index contributed by atoms with van der Waals surface area (Å²) in [6, 6.07) is 17.0. The quantitative estimate of drug-likeness (QED) is 0.525. The maximum absolute atomic E-state index is 13.7. The molecule has 1 heterocycles. The van der Waals surface area contributed by atoms with Crippen molar-refractivity contribution < 1.29 is 4.39 Å². The fourth-order valence-corrected chi connectivity index (χ4v) is 3.21. The lowest BCUT2D eigenvalue weighted by Crippen LogP contribution is -2.21. The van der Waals surface area contributed by atoms with Crippen LogP contribution in [0.5, 0.6) is 0 Å². The van der Waals surface area contributed by atoms with E-state index in [2.05, 4.69) is 63.6 Å². The Kier molecular flexibility index (Phi) is 7.00. The Bertz CT molecular complexity index is 923. The molecule has 0 unspecified atom stereocenters. The zero-order chi connectivity index (χ0) is 20.6. The number of aromatic nitrogens is 2. The van der Waals surface area contributed by atoms with Gasteiger partial charge in [-0.2, -0.15) is 4.98 Å². The number of benzene rings is 2. The summed E-state index contributed by atoms with van der Waals surface area (Å²) in [7, 11) is 0. The number of halogens is 1. The van der Waals surface area contributed by atoms with Crippen LogP contribution in [0.15, 0.2) is 54.6 Å². The van der Waals surface area contributed by atoms with Crippen molar-refractivity contribution in [1.29, 1.82) is 0 Å². The molecule has 1 aromatic heterocycles. The number of anilines is 4. The average molecular weight is 394 g/mol. The second kappa shape index (κ2) is 9.87. The molecule has 0 spiro atoms. The lowest BCUT2D eigenvalue weighted by molar-refractivity contribution is 0.610. The lowest BCUT2D eigenvalue weighted by Gasteiger charge is -2.21. The van der Waals surface area contributed by atoms with E-state index in [-0.39, 0.29) is 5.82 Å². The zero-order valence-electron chi connectivity index (χ0n) is 17.2. The SMILES string of the molecule is CCN(CC)c1ccc(Nc2cc(C)nc(NCCc3ccccc3F)n2)cc1. The van der Waals surface area contributed by atoms with Gasteiger partial charge in [0.15, 0.2) is 0 Å². The summed E-state index contributed by atoms with van der Waals surface area (Å²) in [6.45, 7) is 8.76. The highest BCUT2D eigenvalue weighted by Gasteiger charge is 2.06. The van der Waals surface area contributed by atoms with Crippen molar-refractivity contribution in [1.82, 2.24) is 9.97 Å². The predicted molar refractivity (Wildman–Crippen MR) is 119 cm³/mol. The van der Waals surface area contributed by atoms with Gasteiger partial charge in [-0.3, -0.25) is 0 Å². The molecule has 0 atom stereocenters. The first-order valence-electron chi connectivity index (χ1n) is 10.0. The molecule has 0 aliphatic rings. The van der Waals surface area contributed by atoms with E-state index in [9.17, 15) is 4.39 Å². The Morgan fingerprint density at radius 2 is 1.69 bits per heavy atom. The van der Waals surface area contributed by atoms with Crippen LogP contribution in [-0.4, -0.2) is 29.6 Å². The fourth-order valence-electron chi connectivity index (χ4n) is 3.21. The van der Waals surface area contributed by atoms with Gasteiger partial charge in [0.2, 0.25) is 5.95 Å². The van der Waals surface area contributed by atoms with Crippen LogP contribution in [0.1, 0.15) is 25.1 Å². The van der Waals surface area contributed by atoms with Crippen LogP contribution in [0.25, 0.3) is 0 Å². The van der Waals surface area contributed by atoms with Crippen LogP contribution in [-0.2, 0) is 6.42 Å². The normalized spacial score (nSPS) is 10.6. The number of nitrogens with one attached hydrogen (secondary N) is 2. The maximum atomic E-state index is 13.7. The number of hydrogen-bond donors (Lipinski definition) is 2. The van der Waals surface area contributed by atoms with Crippen molar-refractivity contribution >= 4 is 23.1 Å². The van der Waals surface area contributed by atoms with Crippen LogP contribution in [0, 0.1) is 12.7 Å². The molecule has 0 amide bonds. The summed E-state index contributed by atoms with van der Waals surface area (Å²) in [5.74, 6) is 1.07. The van der Waals surface area contributed by atoms with E-state index in [4.69, 9.17) is 0 Å². The number of aryl methyl sites for hydroxylation is 1. The highest BCUT2D eigenvalue weighted by molar-refractivity contribution is 5.61. The molecule has 0 bridgehead atoms. The molecule has 2 N–H and O–H groups in total. The van der Waals surface area contributed by atoms with E-state index in [0.29, 0.717) is 24.5 Å². The minimum Gasteiger partial charge on any atom is -0.372 e. The maximum Gasteiger partial charge on any atom is 0.224 e. The van der Waals surface area contributed by atoms with Crippen LogP contribution >= 0.6 is 0 Å². The molecule has 3 aromatic rings. The van der Waals surface area contributed by atoms with Gasteiger partial charge < -0.3 is 15.5 Å². The van der Waals surface area contributed by atoms with Gasteiger partial charge in [-0.1, -0.05) is 18.2 Å². The molecule has 0 saturated heterocycles. The number of rotatable bonds is 9. The summed E-state index contributed by atoms with van der Waals surface area (Å²) < 4.78 is 13.7. The molecule has 0 aliphatic carbocycles. The van der Waals surface area contributed by atoms with Gasteiger partial charge in [0.25, 0.3) is 0 Å². The predicted octanol–water partition coefficient (Wildman–Crippen LogP) is 5.17. The van der Waals surface area contributed by atoms with Crippen LogP contribution < -0.4 is 15.5 Å². The molecule has 152 valence electrons. The number of hydrogen-bond acceptors (Lipinski definition) is 5. The smallest absolute Gasteiger partial charge is 0.224 e. The van der Waals surface area contributed by atoms with E-state index in [1.165, 1.54) is 11.8 Å². The van der Waals surface area contributed by atoms with Gasteiger partial charge in [0.05, 0.1) is 0 Å². The van der Waals surface area contributed by atoms with E-state index < -0.39 is 0 Å².